The van der Waals surface area contributed by atoms with Gasteiger partial charge in [-0.2, -0.15) is 0 Å². The molecule has 0 amide bonds. The first-order valence-electron chi connectivity index (χ1n) is 5.48. The molecule has 0 radical (unpaired) electrons. The third-order valence-corrected chi connectivity index (χ3v) is 4.30. The van der Waals surface area contributed by atoms with Crippen molar-refractivity contribution in [3.8, 4) is 0 Å². The number of anilines is 1. The molecule has 0 aliphatic carbocycles. The zero-order chi connectivity index (χ0) is 10.8. The third kappa shape index (κ3) is 2.51. The van der Waals surface area contributed by atoms with Crippen LogP contribution in [0.5, 0.6) is 0 Å². The average molecular weight is 269 g/mol. The first kappa shape index (κ1) is 10.9. The Balaban J connectivity index is 2.12. The van der Waals surface area contributed by atoms with Gasteiger partial charge in [0.05, 0.1) is 0 Å². The maximum atomic E-state index is 4.23. The van der Waals surface area contributed by atoms with Crippen LogP contribution in [-0.2, 0) is 0 Å². The summed E-state index contributed by atoms with van der Waals surface area (Å²) in [6.07, 6.45) is 3.16. The summed E-state index contributed by atoms with van der Waals surface area (Å²) in [5.74, 6) is 0.782. The molecule has 0 bridgehead atoms. The fourth-order valence-electron chi connectivity index (χ4n) is 1.98. The minimum atomic E-state index is 0.611. The van der Waals surface area contributed by atoms with E-state index in [1.54, 1.807) is 0 Å². The lowest BCUT2D eigenvalue weighted by atomic mass is 9.98. The predicted octanol–water partition coefficient (Wildman–Crippen LogP) is 3.00. The minimum Gasteiger partial charge on any atom is -0.370 e. The number of halogens is 1. The van der Waals surface area contributed by atoms with Crippen LogP contribution in [0.15, 0.2) is 18.3 Å². The van der Waals surface area contributed by atoms with Gasteiger partial charge in [0, 0.05) is 35.5 Å². The van der Waals surface area contributed by atoms with Crippen molar-refractivity contribution < 1.29 is 0 Å². The van der Waals surface area contributed by atoms with Crippen molar-refractivity contribution in [1.82, 2.24) is 4.98 Å². The number of aromatic nitrogens is 1. The smallest absolute Gasteiger partial charge is 0.0400 e. The summed E-state index contributed by atoms with van der Waals surface area (Å²) in [5, 5.41) is 0. The number of hydrogen-bond donors (Lipinski definition) is 0. The number of pyridine rings is 1. The van der Waals surface area contributed by atoms with Gasteiger partial charge < -0.3 is 4.90 Å². The van der Waals surface area contributed by atoms with E-state index < -0.39 is 0 Å². The maximum absolute atomic E-state index is 4.23. The van der Waals surface area contributed by atoms with Crippen LogP contribution in [0.1, 0.15) is 19.0 Å². The van der Waals surface area contributed by atoms with Crippen LogP contribution in [0.3, 0.4) is 0 Å². The highest BCUT2D eigenvalue weighted by Gasteiger charge is 2.23. The van der Waals surface area contributed by atoms with Crippen molar-refractivity contribution in [2.45, 2.75) is 25.1 Å². The van der Waals surface area contributed by atoms with Crippen molar-refractivity contribution in [3.63, 3.8) is 0 Å². The Morgan fingerprint density at radius 2 is 2.33 bits per heavy atom. The van der Waals surface area contributed by atoms with Crippen LogP contribution in [0.2, 0.25) is 0 Å². The fraction of sp³-hybridized carbons (Fsp3) is 0.583. The molecule has 2 rings (SSSR count). The van der Waals surface area contributed by atoms with Gasteiger partial charge in [0.15, 0.2) is 0 Å². The van der Waals surface area contributed by atoms with Gasteiger partial charge in [-0.15, -0.1) is 0 Å². The number of alkyl halides is 1. The maximum Gasteiger partial charge on any atom is 0.0400 e. The summed E-state index contributed by atoms with van der Waals surface area (Å²) in [7, 11) is 0. The molecule has 1 fully saturated rings. The molecule has 1 aromatic heterocycles. The van der Waals surface area contributed by atoms with Crippen LogP contribution in [-0.4, -0.2) is 22.9 Å². The Kier molecular flexibility index (Phi) is 3.29. The number of aryl methyl sites for hydroxylation is 1. The van der Waals surface area contributed by atoms with Crippen LogP contribution in [0, 0.1) is 12.8 Å². The van der Waals surface area contributed by atoms with Gasteiger partial charge in [0.1, 0.15) is 0 Å². The normalized spacial score (nSPS) is 26.7. The SMILES string of the molecule is Cc1cc(N2CCC(C)C(Br)C2)ccn1. The van der Waals surface area contributed by atoms with Crippen LogP contribution in [0.25, 0.3) is 0 Å². The molecule has 0 aromatic carbocycles. The second-order valence-corrected chi connectivity index (χ2v) is 5.56. The Labute approximate surface area is 99.8 Å². The minimum absolute atomic E-state index is 0.611. The molecule has 1 saturated heterocycles. The Hall–Kier alpha value is -0.570. The number of hydrogen-bond acceptors (Lipinski definition) is 2. The topological polar surface area (TPSA) is 16.1 Å². The molecular weight excluding hydrogens is 252 g/mol. The van der Waals surface area contributed by atoms with E-state index in [1.807, 2.05) is 13.1 Å². The molecule has 1 aliphatic rings. The summed E-state index contributed by atoms with van der Waals surface area (Å²) >= 11 is 3.75. The first-order valence-corrected chi connectivity index (χ1v) is 6.40. The standard InChI is InChI=1S/C12H17BrN2/c1-9-4-6-15(8-12(9)13)11-3-5-14-10(2)7-11/h3,5,7,9,12H,4,6,8H2,1-2H3. The van der Waals surface area contributed by atoms with E-state index in [9.17, 15) is 0 Å². The number of rotatable bonds is 1. The molecule has 0 spiro atoms. The van der Waals surface area contributed by atoms with Crippen LogP contribution >= 0.6 is 15.9 Å². The molecule has 0 N–H and O–H groups in total. The molecule has 0 saturated carbocycles. The first-order chi connectivity index (χ1) is 7.16. The molecular formula is C12H17BrN2. The predicted molar refractivity (Wildman–Crippen MR) is 67.7 cm³/mol. The summed E-state index contributed by atoms with van der Waals surface area (Å²) in [5.41, 5.74) is 2.40. The number of nitrogens with zero attached hydrogens (tertiary/aromatic N) is 2. The zero-order valence-electron chi connectivity index (χ0n) is 9.28. The van der Waals surface area contributed by atoms with E-state index in [4.69, 9.17) is 0 Å². The van der Waals surface area contributed by atoms with E-state index in [2.05, 4.69) is 44.9 Å². The fourth-order valence-corrected chi connectivity index (χ4v) is 2.60. The monoisotopic (exact) mass is 268 g/mol. The van der Waals surface area contributed by atoms with Crippen molar-refractivity contribution in [3.05, 3.63) is 24.0 Å². The Morgan fingerprint density at radius 1 is 1.53 bits per heavy atom. The van der Waals surface area contributed by atoms with Crippen molar-refractivity contribution >= 4 is 21.6 Å². The van der Waals surface area contributed by atoms with E-state index in [0.717, 1.165) is 24.7 Å². The van der Waals surface area contributed by atoms with E-state index >= 15 is 0 Å². The summed E-state index contributed by atoms with van der Waals surface area (Å²) < 4.78 is 0. The van der Waals surface area contributed by atoms with Crippen LogP contribution in [0.4, 0.5) is 5.69 Å². The van der Waals surface area contributed by atoms with E-state index in [0.29, 0.717) is 4.83 Å². The lowest BCUT2D eigenvalue weighted by Gasteiger charge is -2.35. The van der Waals surface area contributed by atoms with Crippen molar-refractivity contribution in [1.29, 1.82) is 0 Å². The average Bonchev–Trinajstić information content (AvgIpc) is 2.22. The molecule has 1 aromatic rings. The molecule has 2 heterocycles. The molecule has 2 atom stereocenters. The molecule has 3 heteroatoms. The second kappa shape index (κ2) is 4.52. The highest BCUT2D eigenvalue weighted by Crippen LogP contribution is 2.27. The zero-order valence-corrected chi connectivity index (χ0v) is 10.9. The largest absolute Gasteiger partial charge is 0.370 e. The molecule has 82 valence electrons. The van der Waals surface area contributed by atoms with Crippen molar-refractivity contribution in [2.75, 3.05) is 18.0 Å². The molecule has 2 unspecified atom stereocenters. The van der Waals surface area contributed by atoms with Gasteiger partial charge >= 0.3 is 0 Å². The Morgan fingerprint density at radius 3 is 3.00 bits per heavy atom. The van der Waals surface area contributed by atoms with E-state index in [-0.39, 0.29) is 0 Å². The van der Waals surface area contributed by atoms with Crippen LogP contribution < -0.4 is 4.90 Å². The third-order valence-electron chi connectivity index (χ3n) is 3.11. The molecule has 2 nitrogen and oxygen atoms in total. The lowest BCUT2D eigenvalue weighted by molar-refractivity contribution is 0.456. The van der Waals surface area contributed by atoms with Gasteiger partial charge in [0.2, 0.25) is 0 Å². The van der Waals surface area contributed by atoms with Gasteiger partial charge in [-0.05, 0) is 31.4 Å². The highest BCUT2D eigenvalue weighted by molar-refractivity contribution is 9.09. The number of piperidine rings is 1. The summed E-state index contributed by atoms with van der Waals surface area (Å²) in [4.78, 5) is 7.28. The lowest BCUT2D eigenvalue weighted by Crippen LogP contribution is -2.40. The van der Waals surface area contributed by atoms with Gasteiger partial charge in [-0.3, -0.25) is 4.98 Å². The van der Waals surface area contributed by atoms with E-state index in [1.165, 1.54) is 12.1 Å². The molecule has 1 aliphatic heterocycles. The van der Waals surface area contributed by atoms with Gasteiger partial charge in [0.25, 0.3) is 0 Å². The Bertz CT molecular complexity index is 340. The summed E-state index contributed by atoms with van der Waals surface area (Å²) in [6, 6.07) is 4.26. The molecule has 15 heavy (non-hydrogen) atoms. The summed E-state index contributed by atoms with van der Waals surface area (Å²) in [6.45, 7) is 6.62. The van der Waals surface area contributed by atoms with Gasteiger partial charge in [-0.1, -0.05) is 22.9 Å². The highest BCUT2D eigenvalue weighted by atomic mass is 79.9. The van der Waals surface area contributed by atoms with Crippen molar-refractivity contribution in [2.24, 2.45) is 5.92 Å². The van der Waals surface area contributed by atoms with Gasteiger partial charge in [-0.25, -0.2) is 0 Å². The second-order valence-electron chi connectivity index (χ2n) is 4.38. The quantitative estimate of drug-likeness (QED) is 0.728.